The molecule has 6 heteroatoms. The highest BCUT2D eigenvalue weighted by Crippen LogP contribution is 2.30. The molecule has 0 radical (unpaired) electrons. The van der Waals surface area contributed by atoms with Gasteiger partial charge in [-0.25, -0.2) is 0 Å². The summed E-state index contributed by atoms with van der Waals surface area (Å²) in [4.78, 5) is 13.5. The Kier molecular flexibility index (Phi) is 7.29. The standard InChI is InChI=1S/C24H26N2O4/c1-26(16-18-8-7-11-22(28-2)24(18)29-3)17-23(27)25-19-12-14-21(15-13-19)30-20-9-5-4-6-10-20/h4-15H,16-17H2,1-3H3,(H,25,27)/p+1. The van der Waals surface area contributed by atoms with Crippen molar-refractivity contribution in [3.63, 3.8) is 0 Å². The first-order valence-electron chi connectivity index (χ1n) is 9.73. The Hall–Kier alpha value is -3.51. The van der Waals surface area contributed by atoms with E-state index in [1.807, 2.05) is 79.8 Å². The summed E-state index contributed by atoms with van der Waals surface area (Å²) < 4.78 is 16.6. The van der Waals surface area contributed by atoms with Crippen LogP contribution in [-0.4, -0.2) is 33.7 Å². The van der Waals surface area contributed by atoms with Crippen molar-refractivity contribution in [3.05, 3.63) is 78.4 Å². The summed E-state index contributed by atoms with van der Waals surface area (Å²) in [5.74, 6) is 2.81. The van der Waals surface area contributed by atoms with Crippen LogP contribution in [0.25, 0.3) is 0 Å². The minimum absolute atomic E-state index is 0.0638. The summed E-state index contributed by atoms with van der Waals surface area (Å²) in [6.07, 6.45) is 0. The van der Waals surface area contributed by atoms with E-state index in [-0.39, 0.29) is 5.91 Å². The fourth-order valence-electron chi connectivity index (χ4n) is 3.19. The van der Waals surface area contributed by atoms with Crippen molar-refractivity contribution in [2.75, 3.05) is 33.1 Å². The first-order valence-corrected chi connectivity index (χ1v) is 9.73. The number of ether oxygens (including phenoxy) is 3. The molecular formula is C24H27N2O4+. The number of para-hydroxylation sites is 2. The number of carbonyl (C=O) groups excluding carboxylic acids is 1. The SMILES string of the molecule is COc1cccc(C[NH+](C)CC(=O)Nc2ccc(Oc3ccccc3)cc2)c1OC. The van der Waals surface area contributed by atoms with Crippen LogP contribution in [0.2, 0.25) is 0 Å². The topological polar surface area (TPSA) is 61.2 Å². The summed E-state index contributed by atoms with van der Waals surface area (Å²) in [7, 11) is 5.20. The van der Waals surface area contributed by atoms with Crippen LogP contribution in [0, 0.1) is 0 Å². The van der Waals surface area contributed by atoms with Crippen molar-refractivity contribution < 1.29 is 23.9 Å². The average molecular weight is 407 g/mol. The Morgan fingerprint density at radius 3 is 2.23 bits per heavy atom. The molecule has 3 rings (SSSR count). The molecule has 6 nitrogen and oxygen atoms in total. The number of likely N-dealkylation sites (N-methyl/N-ethyl adjacent to an activating group) is 1. The molecule has 0 heterocycles. The zero-order valence-corrected chi connectivity index (χ0v) is 17.5. The van der Waals surface area contributed by atoms with Crippen LogP contribution in [0.3, 0.4) is 0 Å². The molecule has 0 aliphatic rings. The Balaban J connectivity index is 1.54. The fraction of sp³-hybridized carbons (Fsp3) is 0.208. The zero-order valence-electron chi connectivity index (χ0n) is 17.5. The second-order valence-electron chi connectivity index (χ2n) is 6.95. The molecule has 0 aromatic heterocycles. The van der Waals surface area contributed by atoms with Crippen molar-refractivity contribution in [2.45, 2.75) is 6.54 Å². The number of hydrogen-bond donors (Lipinski definition) is 2. The van der Waals surface area contributed by atoms with E-state index in [4.69, 9.17) is 14.2 Å². The molecule has 0 saturated heterocycles. The summed E-state index contributed by atoms with van der Waals surface area (Å²) in [6.45, 7) is 0.959. The molecular weight excluding hydrogens is 380 g/mol. The van der Waals surface area contributed by atoms with Gasteiger partial charge in [0, 0.05) is 5.69 Å². The van der Waals surface area contributed by atoms with Gasteiger partial charge in [-0.1, -0.05) is 24.3 Å². The zero-order chi connectivity index (χ0) is 21.3. The lowest BCUT2D eigenvalue weighted by atomic mass is 10.1. The first-order chi connectivity index (χ1) is 14.6. The van der Waals surface area contributed by atoms with Crippen LogP contribution in [0.1, 0.15) is 5.56 Å². The van der Waals surface area contributed by atoms with Gasteiger partial charge < -0.3 is 24.4 Å². The molecule has 0 aliphatic carbocycles. The number of rotatable bonds is 9. The van der Waals surface area contributed by atoms with Crippen molar-refractivity contribution >= 4 is 11.6 Å². The highest BCUT2D eigenvalue weighted by Gasteiger charge is 2.16. The number of benzene rings is 3. The van der Waals surface area contributed by atoms with E-state index in [1.165, 1.54) is 0 Å². The normalized spacial score (nSPS) is 11.4. The third-order valence-corrected chi connectivity index (χ3v) is 4.56. The monoisotopic (exact) mass is 407 g/mol. The van der Waals surface area contributed by atoms with Crippen molar-refractivity contribution in [3.8, 4) is 23.0 Å². The Morgan fingerprint density at radius 1 is 0.867 bits per heavy atom. The second kappa shape index (κ2) is 10.3. The summed E-state index contributed by atoms with van der Waals surface area (Å²) in [6, 6.07) is 22.7. The van der Waals surface area contributed by atoms with Crippen LogP contribution >= 0.6 is 0 Å². The molecule has 3 aromatic carbocycles. The van der Waals surface area contributed by atoms with Gasteiger partial charge >= 0.3 is 0 Å². The van der Waals surface area contributed by atoms with Gasteiger partial charge in [0.1, 0.15) is 18.0 Å². The van der Waals surface area contributed by atoms with Gasteiger partial charge in [-0.3, -0.25) is 4.79 Å². The lowest BCUT2D eigenvalue weighted by Gasteiger charge is -2.17. The Bertz CT molecular complexity index is 959. The number of amides is 1. The van der Waals surface area contributed by atoms with Crippen molar-refractivity contribution in [1.82, 2.24) is 0 Å². The van der Waals surface area contributed by atoms with E-state index in [9.17, 15) is 4.79 Å². The predicted molar refractivity (Wildman–Crippen MR) is 117 cm³/mol. The van der Waals surface area contributed by atoms with E-state index >= 15 is 0 Å². The quantitative estimate of drug-likeness (QED) is 0.572. The van der Waals surface area contributed by atoms with Crippen LogP contribution in [0.4, 0.5) is 5.69 Å². The summed E-state index contributed by atoms with van der Waals surface area (Å²) >= 11 is 0. The van der Waals surface area contributed by atoms with Gasteiger partial charge in [-0.2, -0.15) is 0 Å². The number of methoxy groups -OCH3 is 2. The fourth-order valence-corrected chi connectivity index (χ4v) is 3.19. The number of nitrogens with one attached hydrogen (secondary N) is 2. The van der Waals surface area contributed by atoms with Crippen LogP contribution in [-0.2, 0) is 11.3 Å². The molecule has 156 valence electrons. The predicted octanol–water partition coefficient (Wildman–Crippen LogP) is 3.15. The van der Waals surface area contributed by atoms with Gasteiger partial charge in [0.05, 0.1) is 26.8 Å². The van der Waals surface area contributed by atoms with Gasteiger partial charge in [0.15, 0.2) is 18.0 Å². The Morgan fingerprint density at radius 2 is 1.57 bits per heavy atom. The maximum absolute atomic E-state index is 12.4. The minimum Gasteiger partial charge on any atom is -0.493 e. The number of quaternary nitrogens is 1. The van der Waals surface area contributed by atoms with Crippen LogP contribution < -0.4 is 24.4 Å². The largest absolute Gasteiger partial charge is 0.493 e. The smallest absolute Gasteiger partial charge is 0.279 e. The lowest BCUT2D eigenvalue weighted by molar-refractivity contribution is -0.885. The summed E-state index contributed by atoms with van der Waals surface area (Å²) in [5, 5.41) is 2.93. The maximum atomic E-state index is 12.4. The second-order valence-corrected chi connectivity index (χ2v) is 6.95. The highest BCUT2D eigenvalue weighted by molar-refractivity contribution is 5.91. The van der Waals surface area contributed by atoms with E-state index in [1.54, 1.807) is 14.2 Å². The highest BCUT2D eigenvalue weighted by atomic mass is 16.5. The lowest BCUT2D eigenvalue weighted by Crippen LogP contribution is -3.08. The number of anilines is 1. The van der Waals surface area contributed by atoms with Crippen molar-refractivity contribution in [1.29, 1.82) is 0 Å². The molecule has 1 atom stereocenters. The third kappa shape index (κ3) is 5.75. The van der Waals surface area contributed by atoms with Gasteiger partial charge in [-0.15, -0.1) is 0 Å². The Labute approximate surface area is 177 Å². The molecule has 0 bridgehead atoms. The minimum atomic E-state index is -0.0638. The molecule has 1 amide bonds. The van der Waals surface area contributed by atoms with E-state index in [0.29, 0.717) is 30.3 Å². The molecule has 3 aromatic rings. The summed E-state index contributed by atoms with van der Waals surface area (Å²) in [5.41, 5.74) is 1.72. The van der Waals surface area contributed by atoms with E-state index < -0.39 is 0 Å². The van der Waals surface area contributed by atoms with Gasteiger partial charge in [0.25, 0.3) is 5.91 Å². The van der Waals surface area contributed by atoms with E-state index in [2.05, 4.69) is 5.32 Å². The molecule has 30 heavy (non-hydrogen) atoms. The number of hydrogen-bond acceptors (Lipinski definition) is 4. The average Bonchev–Trinajstić information content (AvgIpc) is 2.75. The van der Waals surface area contributed by atoms with E-state index in [0.717, 1.165) is 21.9 Å². The molecule has 2 N–H and O–H groups in total. The molecule has 0 fully saturated rings. The number of carbonyl (C=O) groups is 1. The van der Waals surface area contributed by atoms with Gasteiger partial charge in [-0.05, 0) is 48.5 Å². The van der Waals surface area contributed by atoms with Gasteiger partial charge in [0.2, 0.25) is 0 Å². The first kappa shape index (κ1) is 21.2. The maximum Gasteiger partial charge on any atom is 0.279 e. The third-order valence-electron chi connectivity index (χ3n) is 4.56. The molecule has 1 unspecified atom stereocenters. The van der Waals surface area contributed by atoms with Crippen LogP contribution in [0.5, 0.6) is 23.0 Å². The molecule has 0 saturated carbocycles. The molecule has 0 spiro atoms. The van der Waals surface area contributed by atoms with Crippen LogP contribution in [0.15, 0.2) is 72.8 Å². The molecule has 0 aliphatic heterocycles. The van der Waals surface area contributed by atoms with Crippen molar-refractivity contribution in [2.24, 2.45) is 0 Å².